The molecule has 0 unspecified atom stereocenters. The largest absolute Gasteiger partial charge is 0.425 e. The summed E-state index contributed by atoms with van der Waals surface area (Å²) in [6.07, 6.45) is -0.452. The van der Waals surface area contributed by atoms with E-state index in [1.165, 1.54) is 6.92 Å². The predicted octanol–water partition coefficient (Wildman–Crippen LogP) is 4.42. The highest BCUT2D eigenvalue weighted by atomic mass is 28.4. The van der Waals surface area contributed by atoms with Crippen LogP contribution in [0.3, 0.4) is 0 Å². The molecule has 0 spiro atoms. The van der Waals surface area contributed by atoms with Crippen LogP contribution in [0.25, 0.3) is 0 Å². The number of carbonyl (C=O) groups excluding carboxylic acids is 2. The molecule has 0 amide bonds. The minimum atomic E-state index is -2.09. The molecule has 0 aromatic heterocycles. The van der Waals surface area contributed by atoms with E-state index in [9.17, 15) is 9.59 Å². The van der Waals surface area contributed by atoms with E-state index in [-0.39, 0.29) is 23.2 Å². The Kier molecular flexibility index (Phi) is 6.17. The lowest BCUT2D eigenvalue weighted by molar-refractivity contribution is -0.233. The Labute approximate surface area is 170 Å². The van der Waals surface area contributed by atoms with Crippen molar-refractivity contribution in [2.24, 2.45) is 11.3 Å². The number of rotatable bonds is 4. The molecule has 0 N–H and O–H groups in total. The SMILES string of the molecule is CC(=O)O[C@H]1OC(=O)[C@@H]2C[C@H](OC(C)(C)C)[C@@]1(C)C[C@@H]2O[Si](C)(C)C(C)(C)C. The van der Waals surface area contributed by atoms with Crippen LogP contribution in [0.15, 0.2) is 0 Å². The number of esters is 2. The smallest absolute Gasteiger partial charge is 0.314 e. The van der Waals surface area contributed by atoms with Gasteiger partial charge in [0, 0.05) is 6.92 Å². The summed E-state index contributed by atoms with van der Waals surface area (Å²) < 4.78 is 24.1. The standard InChI is InChI=1S/C21H38O6Si/c1-13(22)24-18-21(8)12-15(27-28(9,10)20(5,6)7)14(17(23)25-18)11-16(21)26-19(2,3)4/h14-16,18H,11-12H2,1-10H3/t14-,15+,16+,18+,21-/m1/s1. The quantitative estimate of drug-likeness (QED) is 0.501. The molecule has 2 saturated heterocycles. The summed E-state index contributed by atoms with van der Waals surface area (Å²) in [6, 6.07) is 0. The van der Waals surface area contributed by atoms with Gasteiger partial charge >= 0.3 is 11.9 Å². The Bertz CT molecular complexity index is 617. The van der Waals surface area contributed by atoms with Gasteiger partial charge in [-0.1, -0.05) is 20.8 Å². The minimum Gasteiger partial charge on any atom is -0.425 e. The Morgan fingerprint density at radius 1 is 1.18 bits per heavy atom. The van der Waals surface area contributed by atoms with Crippen LogP contribution in [0, 0.1) is 11.3 Å². The number of ether oxygens (including phenoxy) is 3. The molecule has 3 rings (SSSR count). The van der Waals surface area contributed by atoms with E-state index < -0.39 is 37.5 Å². The maximum atomic E-state index is 12.9. The van der Waals surface area contributed by atoms with E-state index in [0.29, 0.717) is 12.8 Å². The maximum Gasteiger partial charge on any atom is 0.314 e. The normalized spacial score (nSPS) is 34.0. The van der Waals surface area contributed by atoms with Gasteiger partial charge in [0.15, 0.2) is 8.32 Å². The lowest BCUT2D eigenvalue weighted by atomic mass is 9.68. The third-order valence-electron chi connectivity index (χ3n) is 6.38. The summed E-state index contributed by atoms with van der Waals surface area (Å²) in [5, 5.41) is 0.0277. The minimum absolute atomic E-state index is 0.0277. The van der Waals surface area contributed by atoms with Crippen LogP contribution in [0.1, 0.15) is 68.2 Å². The Morgan fingerprint density at radius 2 is 1.75 bits per heavy atom. The molecule has 1 saturated carbocycles. The summed E-state index contributed by atoms with van der Waals surface area (Å²) in [4.78, 5) is 24.6. The second-order valence-corrected chi connectivity index (χ2v) is 15.8. The van der Waals surface area contributed by atoms with Crippen molar-refractivity contribution in [2.75, 3.05) is 0 Å². The van der Waals surface area contributed by atoms with Crippen LogP contribution in [0.2, 0.25) is 18.1 Å². The van der Waals surface area contributed by atoms with Crippen LogP contribution in [-0.4, -0.2) is 44.4 Å². The lowest BCUT2D eigenvalue weighted by Crippen LogP contribution is -2.56. The first kappa shape index (κ1) is 23.4. The van der Waals surface area contributed by atoms with E-state index in [2.05, 4.69) is 33.9 Å². The number of hydrogen-bond acceptors (Lipinski definition) is 6. The second kappa shape index (κ2) is 7.40. The lowest BCUT2D eigenvalue weighted by Gasteiger charge is -2.49. The van der Waals surface area contributed by atoms with Gasteiger partial charge < -0.3 is 18.6 Å². The highest BCUT2D eigenvalue weighted by Crippen LogP contribution is 2.52. The summed E-state index contributed by atoms with van der Waals surface area (Å²) in [7, 11) is -2.09. The highest BCUT2D eigenvalue weighted by Gasteiger charge is 2.60. The molecule has 1 aliphatic carbocycles. The first-order chi connectivity index (χ1) is 12.5. The molecule has 0 aromatic rings. The van der Waals surface area contributed by atoms with Gasteiger partial charge in [-0.05, 0) is 58.7 Å². The Hall–Kier alpha value is -0.923. The molecular formula is C21H38O6Si. The fraction of sp³-hybridized carbons (Fsp3) is 0.905. The molecule has 28 heavy (non-hydrogen) atoms. The second-order valence-electron chi connectivity index (χ2n) is 11.1. The van der Waals surface area contributed by atoms with E-state index >= 15 is 0 Å². The molecule has 3 fully saturated rings. The molecule has 0 radical (unpaired) electrons. The zero-order chi connectivity index (χ0) is 21.7. The van der Waals surface area contributed by atoms with Gasteiger partial charge in [0.1, 0.15) is 0 Å². The average Bonchev–Trinajstić information content (AvgIpc) is 2.59. The molecule has 3 aliphatic rings. The third-order valence-corrected chi connectivity index (χ3v) is 10.9. The number of hydrogen-bond donors (Lipinski definition) is 0. The van der Waals surface area contributed by atoms with Crippen LogP contribution >= 0.6 is 0 Å². The molecule has 0 aromatic carbocycles. The summed E-state index contributed by atoms with van der Waals surface area (Å²) in [5.41, 5.74) is -1.06. The van der Waals surface area contributed by atoms with Gasteiger partial charge in [0.05, 0.1) is 29.1 Å². The molecule has 2 bridgehead atoms. The molecule has 2 aliphatic heterocycles. The summed E-state index contributed by atoms with van der Waals surface area (Å²) >= 11 is 0. The van der Waals surface area contributed by atoms with Crippen LogP contribution in [0.5, 0.6) is 0 Å². The zero-order valence-electron chi connectivity index (χ0n) is 19.2. The molecule has 162 valence electrons. The van der Waals surface area contributed by atoms with Crippen molar-refractivity contribution < 1.29 is 28.2 Å². The maximum absolute atomic E-state index is 12.9. The van der Waals surface area contributed by atoms with Crippen molar-refractivity contribution in [3.05, 3.63) is 0 Å². The number of fused-ring (bicyclic) bond motifs is 4. The van der Waals surface area contributed by atoms with Crippen LogP contribution in [-0.2, 0) is 28.2 Å². The molecule has 5 atom stereocenters. The summed E-state index contributed by atoms with van der Waals surface area (Å²) in [6.45, 7) is 20.2. The first-order valence-electron chi connectivity index (χ1n) is 10.2. The van der Waals surface area contributed by atoms with E-state index in [1.807, 2.05) is 27.7 Å². The zero-order valence-corrected chi connectivity index (χ0v) is 20.2. The number of carbonyl (C=O) groups is 2. The van der Waals surface area contributed by atoms with Crippen molar-refractivity contribution in [3.63, 3.8) is 0 Å². The van der Waals surface area contributed by atoms with Gasteiger partial charge in [-0.3, -0.25) is 9.59 Å². The van der Waals surface area contributed by atoms with Gasteiger partial charge in [0.25, 0.3) is 6.29 Å². The van der Waals surface area contributed by atoms with Crippen LogP contribution < -0.4 is 0 Å². The van der Waals surface area contributed by atoms with Crippen molar-refractivity contribution in [1.82, 2.24) is 0 Å². The fourth-order valence-electron chi connectivity index (χ4n) is 3.78. The topological polar surface area (TPSA) is 71.1 Å². The third kappa shape index (κ3) is 4.79. The van der Waals surface area contributed by atoms with Crippen molar-refractivity contribution in [2.45, 2.75) is 110 Å². The van der Waals surface area contributed by atoms with E-state index in [4.69, 9.17) is 18.6 Å². The summed E-state index contributed by atoms with van der Waals surface area (Å²) in [5.74, 6) is -1.26. The first-order valence-corrected chi connectivity index (χ1v) is 13.1. The molecule has 6 nitrogen and oxygen atoms in total. The Balaban J connectivity index is 2.42. The highest BCUT2D eigenvalue weighted by molar-refractivity contribution is 6.74. The van der Waals surface area contributed by atoms with E-state index in [1.54, 1.807) is 0 Å². The molecular weight excluding hydrogens is 376 g/mol. The fourth-order valence-corrected chi connectivity index (χ4v) is 5.14. The molecule has 7 heteroatoms. The Morgan fingerprint density at radius 3 is 2.21 bits per heavy atom. The average molecular weight is 415 g/mol. The van der Waals surface area contributed by atoms with Gasteiger partial charge in [-0.25, -0.2) is 0 Å². The monoisotopic (exact) mass is 414 g/mol. The van der Waals surface area contributed by atoms with Gasteiger partial charge in [-0.2, -0.15) is 0 Å². The van der Waals surface area contributed by atoms with E-state index in [0.717, 1.165) is 0 Å². The predicted molar refractivity (Wildman–Crippen MR) is 109 cm³/mol. The van der Waals surface area contributed by atoms with Crippen molar-refractivity contribution >= 4 is 20.3 Å². The van der Waals surface area contributed by atoms with Gasteiger partial charge in [-0.15, -0.1) is 0 Å². The van der Waals surface area contributed by atoms with Crippen LogP contribution in [0.4, 0.5) is 0 Å². The molecule has 2 heterocycles. The van der Waals surface area contributed by atoms with Crippen molar-refractivity contribution in [3.8, 4) is 0 Å². The van der Waals surface area contributed by atoms with Crippen molar-refractivity contribution in [1.29, 1.82) is 0 Å². The van der Waals surface area contributed by atoms with Gasteiger partial charge in [0.2, 0.25) is 0 Å².